The highest BCUT2D eigenvalue weighted by Gasteiger charge is 2.20. The number of carboxylic acids is 1. The second-order valence-electron chi connectivity index (χ2n) is 2.70. The number of aromatic carboxylic acids is 1. The summed E-state index contributed by atoms with van der Waals surface area (Å²) in [5.74, 6) is -3.93. The van der Waals surface area contributed by atoms with Crippen LogP contribution in [0.2, 0.25) is 0 Å². The molecule has 0 bridgehead atoms. The summed E-state index contributed by atoms with van der Waals surface area (Å²) >= 11 is 7.22. The molecule has 0 aliphatic rings. The highest BCUT2D eigenvalue weighted by molar-refractivity contribution is 9.10. The molecule has 0 radical (unpaired) electrons. The van der Waals surface area contributed by atoms with Crippen LogP contribution in [0.25, 0.3) is 0 Å². The van der Waals surface area contributed by atoms with E-state index in [-0.39, 0.29) is 15.3 Å². The topological polar surface area (TPSA) is 75.3 Å². The number of thiocarbonyl (C=S) groups is 1. The minimum Gasteiger partial charge on any atom is -0.478 e. The molecule has 0 aliphatic carbocycles. The Kier molecular flexibility index (Phi) is 3.76. The van der Waals surface area contributed by atoms with Gasteiger partial charge >= 0.3 is 5.97 Å². The molecule has 8 heteroatoms. The number of anilines is 1. The Bertz CT molecular complexity index is 482. The molecular weight excluding hydrogens is 306 g/mol. The standard InChI is InChI=1S/C8H5BrF2N2O2S/c9-4-5(11)3(10)1-2(7(14)15)6(4)13-8(12)16/h1H,(H,14,15)(H3,12,13,16). The highest BCUT2D eigenvalue weighted by Crippen LogP contribution is 2.31. The molecule has 86 valence electrons. The molecule has 0 aliphatic heterocycles. The molecule has 0 saturated heterocycles. The van der Waals surface area contributed by atoms with Crippen LogP contribution in [0.3, 0.4) is 0 Å². The monoisotopic (exact) mass is 310 g/mol. The molecule has 4 N–H and O–H groups in total. The van der Waals surface area contributed by atoms with Crippen molar-refractivity contribution in [1.82, 2.24) is 0 Å². The first kappa shape index (κ1) is 12.8. The van der Waals surface area contributed by atoms with Crippen LogP contribution in [-0.4, -0.2) is 16.2 Å². The number of nitrogens with two attached hydrogens (primary N) is 1. The maximum absolute atomic E-state index is 13.1. The molecule has 1 rings (SSSR count). The zero-order valence-corrected chi connectivity index (χ0v) is 9.95. The first-order valence-corrected chi connectivity index (χ1v) is 5.02. The van der Waals surface area contributed by atoms with Crippen LogP contribution >= 0.6 is 28.1 Å². The fraction of sp³-hybridized carbons (Fsp3) is 0. The maximum atomic E-state index is 13.1. The van der Waals surface area contributed by atoms with Crippen molar-refractivity contribution in [2.45, 2.75) is 0 Å². The summed E-state index contributed by atoms with van der Waals surface area (Å²) in [5, 5.41) is 10.8. The Hall–Kier alpha value is -1.28. The summed E-state index contributed by atoms with van der Waals surface area (Å²) in [7, 11) is 0. The lowest BCUT2D eigenvalue weighted by molar-refractivity contribution is 0.0697. The first-order valence-electron chi connectivity index (χ1n) is 3.81. The number of hydrogen-bond donors (Lipinski definition) is 3. The van der Waals surface area contributed by atoms with Crippen LogP contribution < -0.4 is 11.1 Å². The number of carboxylic acid groups (broad SMARTS) is 1. The van der Waals surface area contributed by atoms with Gasteiger partial charge in [0.25, 0.3) is 0 Å². The van der Waals surface area contributed by atoms with Gasteiger partial charge in [-0.3, -0.25) is 0 Å². The van der Waals surface area contributed by atoms with Crippen LogP contribution in [0.15, 0.2) is 10.5 Å². The smallest absolute Gasteiger partial charge is 0.337 e. The molecular formula is C8H5BrF2N2O2S. The molecule has 0 aromatic heterocycles. The van der Waals surface area contributed by atoms with Gasteiger partial charge in [0.2, 0.25) is 0 Å². The van der Waals surface area contributed by atoms with E-state index in [1.54, 1.807) is 0 Å². The summed E-state index contributed by atoms with van der Waals surface area (Å²) < 4.78 is 25.7. The number of rotatable bonds is 2. The fourth-order valence-electron chi connectivity index (χ4n) is 1.01. The Morgan fingerprint density at radius 1 is 1.56 bits per heavy atom. The molecule has 4 nitrogen and oxygen atoms in total. The Morgan fingerprint density at radius 3 is 2.56 bits per heavy atom. The van der Waals surface area contributed by atoms with Gasteiger partial charge < -0.3 is 16.2 Å². The van der Waals surface area contributed by atoms with Gasteiger partial charge in [0.1, 0.15) is 0 Å². The molecule has 1 aromatic carbocycles. The lowest BCUT2D eigenvalue weighted by Gasteiger charge is -2.11. The van der Waals surface area contributed by atoms with Crippen molar-refractivity contribution in [3.63, 3.8) is 0 Å². The van der Waals surface area contributed by atoms with Crippen LogP contribution in [0.5, 0.6) is 0 Å². The van der Waals surface area contributed by atoms with E-state index >= 15 is 0 Å². The van der Waals surface area contributed by atoms with Crippen LogP contribution in [0, 0.1) is 11.6 Å². The van der Waals surface area contributed by atoms with Crippen LogP contribution in [0.4, 0.5) is 14.5 Å². The minimum absolute atomic E-state index is 0.223. The van der Waals surface area contributed by atoms with E-state index in [1.807, 2.05) is 0 Å². The average Bonchev–Trinajstić information content (AvgIpc) is 2.17. The van der Waals surface area contributed by atoms with Crippen molar-refractivity contribution < 1.29 is 18.7 Å². The number of carbonyl (C=O) groups is 1. The van der Waals surface area contributed by atoms with Crippen molar-refractivity contribution in [3.8, 4) is 0 Å². The zero-order valence-electron chi connectivity index (χ0n) is 7.55. The predicted octanol–water partition coefficient (Wildman–Crippen LogP) is 2.08. The predicted molar refractivity (Wildman–Crippen MR) is 61.4 cm³/mol. The van der Waals surface area contributed by atoms with Gasteiger partial charge in [0.05, 0.1) is 15.7 Å². The summed E-state index contributed by atoms with van der Waals surface area (Å²) in [6, 6.07) is 0.545. The van der Waals surface area contributed by atoms with Crippen LogP contribution in [-0.2, 0) is 0 Å². The molecule has 0 spiro atoms. The fourth-order valence-corrected chi connectivity index (χ4v) is 1.61. The van der Waals surface area contributed by atoms with E-state index in [0.29, 0.717) is 6.07 Å². The van der Waals surface area contributed by atoms with Gasteiger partial charge in [0.15, 0.2) is 16.7 Å². The summed E-state index contributed by atoms with van der Waals surface area (Å²) in [6.45, 7) is 0. The molecule has 0 unspecified atom stereocenters. The Labute approximate surface area is 103 Å². The van der Waals surface area contributed by atoms with Crippen molar-refractivity contribution in [2.75, 3.05) is 5.32 Å². The summed E-state index contributed by atoms with van der Waals surface area (Å²) in [4.78, 5) is 10.8. The number of hydrogen-bond acceptors (Lipinski definition) is 2. The van der Waals surface area contributed by atoms with E-state index < -0.39 is 23.2 Å². The second-order valence-corrected chi connectivity index (χ2v) is 3.94. The lowest BCUT2D eigenvalue weighted by Crippen LogP contribution is -2.21. The second kappa shape index (κ2) is 4.71. The molecule has 0 saturated carbocycles. The van der Waals surface area contributed by atoms with E-state index in [1.165, 1.54) is 0 Å². The van der Waals surface area contributed by atoms with Gasteiger partial charge in [0, 0.05) is 0 Å². The Balaban J connectivity index is 3.47. The zero-order chi connectivity index (χ0) is 12.5. The van der Waals surface area contributed by atoms with Gasteiger partial charge in [-0.2, -0.15) is 0 Å². The SMILES string of the molecule is NC(=S)Nc1c(C(=O)O)cc(F)c(F)c1Br. The van der Waals surface area contributed by atoms with Gasteiger partial charge in [-0.05, 0) is 34.2 Å². The van der Waals surface area contributed by atoms with E-state index in [9.17, 15) is 13.6 Å². The molecule has 0 heterocycles. The third kappa shape index (κ3) is 2.45. The highest BCUT2D eigenvalue weighted by atomic mass is 79.9. The molecule has 0 amide bonds. The minimum atomic E-state index is -1.43. The average molecular weight is 311 g/mol. The number of nitrogens with one attached hydrogen (secondary N) is 1. The number of halogens is 3. The summed E-state index contributed by atoms with van der Waals surface area (Å²) in [5.41, 5.74) is 4.44. The van der Waals surface area contributed by atoms with E-state index in [2.05, 4.69) is 33.5 Å². The van der Waals surface area contributed by atoms with Crippen molar-refractivity contribution in [2.24, 2.45) is 5.73 Å². The van der Waals surface area contributed by atoms with Crippen molar-refractivity contribution in [1.29, 1.82) is 0 Å². The molecule has 1 aromatic rings. The maximum Gasteiger partial charge on any atom is 0.337 e. The van der Waals surface area contributed by atoms with E-state index in [4.69, 9.17) is 10.8 Å². The third-order valence-electron chi connectivity index (χ3n) is 1.64. The first-order chi connectivity index (χ1) is 7.34. The largest absolute Gasteiger partial charge is 0.478 e. The number of benzene rings is 1. The van der Waals surface area contributed by atoms with Gasteiger partial charge in [-0.15, -0.1) is 0 Å². The normalized spacial score (nSPS) is 9.94. The quantitative estimate of drug-likeness (QED) is 0.576. The van der Waals surface area contributed by atoms with Crippen molar-refractivity contribution >= 4 is 44.9 Å². The Morgan fingerprint density at radius 2 is 2.12 bits per heavy atom. The van der Waals surface area contributed by atoms with Gasteiger partial charge in [-0.1, -0.05) is 0 Å². The molecule has 16 heavy (non-hydrogen) atoms. The van der Waals surface area contributed by atoms with Crippen LogP contribution in [0.1, 0.15) is 10.4 Å². The van der Waals surface area contributed by atoms with E-state index in [0.717, 1.165) is 0 Å². The van der Waals surface area contributed by atoms with Gasteiger partial charge in [-0.25, -0.2) is 13.6 Å². The molecule has 0 fully saturated rings. The molecule has 0 atom stereocenters. The van der Waals surface area contributed by atoms with Crippen molar-refractivity contribution in [3.05, 3.63) is 27.7 Å². The third-order valence-corrected chi connectivity index (χ3v) is 2.49. The summed E-state index contributed by atoms with van der Waals surface area (Å²) in [6.07, 6.45) is 0. The lowest BCUT2D eigenvalue weighted by atomic mass is 10.1.